The summed E-state index contributed by atoms with van der Waals surface area (Å²) in [4.78, 5) is 16.5. The molecule has 0 fully saturated rings. The van der Waals surface area contributed by atoms with Gasteiger partial charge >= 0.3 is 5.97 Å². The van der Waals surface area contributed by atoms with E-state index in [9.17, 15) is 13.2 Å². The van der Waals surface area contributed by atoms with Crippen LogP contribution < -0.4 is 0 Å². The second kappa shape index (κ2) is 7.85. The minimum Gasteiger partial charge on any atom is -0.402 e. The van der Waals surface area contributed by atoms with Gasteiger partial charge in [0.15, 0.2) is 5.70 Å². The summed E-state index contributed by atoms with van der Waals surface area (Å²) in [5.74, 6) is -0.373. The van der Waals surface area contributed by atoms with Crippen molar-refractivity contribution in [3.63, 3.8) is 0 Å². The molecule has 2 aromatic rings. The van der Waals surface area contributed by atoms with E-state index in [4.69, 9.17) is 4.74 Å². The zero-order chi connectivity index (χ0) is 19.4. The van der Waals surface area contributed by atoms with Crippen molar-refractivity contribution < 1.29 is 17.9 Å². The number of benzene rings is 2. The van der Waals surface area contributed by atoms with Crippen LogP contribution in [0, 0.1) is 0 Å². The number of carbonyl (C=O) groups excluding carboxylic acids is 1. The predicted octanol–water partition coefficient (Wildman–Crippen LogP) is 3.06. The van der Waals surface area contributed by atoms with E-state index in [1.165, 1.54) is 16.4 Å². The summed E-state index contributed by atoms with van der Waals surface area (Å²) in [5, 5.41) is 0. The Bertz CT molecular complexity index is 990. The number of carbonyl (C=O) groups is 1. The number of hydrogen-bond acceptors (Lipinski definition) is 5. The molecule has 1 aliphatic heterocycles. The fraction of sp³-hybridized carbons (Fsp3) is 0.200. The lowest BCUT2D eigenvalue weighted by atomic mass is 10.2. The molecule has 0 amide bonds. The zero-order valence-electron chi connectivity index (χ0n) is 15.1. The Kier molecular flexibility index (Phi) is 5.53. The van der Waals surface area contributed by atoms with Gasteiger partial charge in [-0.25, -0.2) is 18.2 Å². The van der Waals surface area contributed by atoms with Crippen LogP contribution >= 0.6 is 0 Å². The van der Waals surface area contributed by atoms with E-state index in [-0.39, 0.29) is 16.5 Å². The highest BCUT2D eigenvalue weighted by Crippen LogP contribution is 2.21. The maximum absolute atomic E-state index is 12.5. The van der Waals surface area contributed by atoms with Gasteiger partial charge in [0.25, 0.3) is 0 Å². The van der Waals surface area contributed by atoms with Crippen molar-refractivity contribution in [3.05, 3.63) is 71.4 Å². The van der Waals surface area contributed by atoms with Gasteiger partial charge in [0.05, 0.1) is 4.90 Å². The summed E-state index contributed by atoms with van der Waals surface area (Å²) in [6.45, 7) is 4.39. The predicted molar refractivity (Wildman–Crippen MR) is 104 cm³/mol. The molecule has 0 spiro atoms. The summed E-state index contributed by atoms with van der Waals surface area (Å²) in [6.07, 6.45) is 1.65. The molecule has 0 unspecified atom stereocenters. The molecule has 0 N–H and O–H groups in total. The maximum Gasteiger partial charge on any atom is 0.363 e. The van der Waals surface area contributed by atoms with Gasteiger partial charge in [-0.2, -0.15) is 4.31 Å². The number of nitrogens with zero attached hydrogens (tertiary/aromatic N) is 2. The van der Waals surface area contributed by atoms with Gasteiger partial charge in [-0.1, -0.05) is 44.2 Å². The summed E-state index contributed by atoms with van der Waals surface area (Å²) >= 11 is 0. The van der Waals surface area contributed by atoms with Crippen molar-refractivity contribution in [1.82, 2.24) is 4.31 Å². The molecule has 27 heavy (non-hydrogen) atoms. The van der Waals surface area contributed by atoms with Crippen LogP contribution in [0.25, 0.3) is 6.08 Å². The number of cyclic esters (lactones) is 1. The van der Waals surface area contributed by atoms with Gasteiger partial charge in [-0.15, -0.1) is 0 Å². The van der Waals surface area contributed by atoms with Gasteiger partial charge in [-0.05, 0) is 35.9 Å². The lowest BCUT2D eigenvalue weighted by molar-refractivity contribution is -0.129. The SMILES string of the molecule is CCN(CC)S(=O)(=O)c1ccc(C2=N/C(=C\c3ccccc3)C(=O)O2)cc1. The Morgan fingerprint density at radius 1 is 1.00 bits per heavy atom. The largest absolute Gasteiger partial charge is 0.402 e. The number of sulfonamides is 1. The third-order valence-electron chi connectivity index (χ3n) is 4.17. The highest BCUT2D eigenvalue weighted by molar-refractivity contribution is 7.89. The third-order valence-corrected chi connectivity index (χ3v) is 6.23. The van der Waals surface area contributed by atoms with Crippen LogP contribution in [0.5, 0.6) is 0 Å². The van der Waals surface area contributed by atoms with Crippen LogP contribution in [0.4, 0.5) is 0 Å². The normalized spacial score (nSPS) is 15.9. The molecule has 0 aliphatic carbocycles. The second-order valence-electron chi connectivity index (χ2n) is 5.86. The van der Waals surface area contributed by atoms with Crippen LogP contribution in [0.15, 0.2) is 70.2 Å². The molecule has 0 radical (unpaired) electrons. The zero-order valence-corrected chi connectivity index (χ0v) is 15.9. The van der Waals surface area contributed by atoms with Gasteiger partial charge in [0.2, 0.25) is 15.9 Å². The molecule has 0 atom stereocenters. The molecule has 6 nitrogen and oxygen atoms in total. The minimum absolute atomic E-state index is 0.161. The van der Waals surface area contributed by atoms with Gasteiger partial charge < -0.3 is 4.74 Å². The Morgan fingerprint density at radius 3 is 2.22 bits per heavy atom. The first kappa shape index (κ1) is 19.0. The number of hydrogen-bond donors (Lipinski definition) is 0. The molecule has 1 heterocycles. The minimum atomic E-state index is -3.53. The van der Waals surface area contributed by atoms with E-state index in [1.54, 1.807) is 32.1 Å². The lowest BCUT2D eigenvalue weighted by Gasteiger charge is -2.18. The van der Waals surface area contributed by atoms with E-state index in [0.29, 0.717) is 18.7 Å². The molecular formula is C20H20N2O4S. The Morgan fingerprint density at radius 2 is 1.63 bits per heavy atom. The Balaban J connectivity index is 1.87. The van der Waals surface area contributed by atoms with Crippen LogP contribution in [0.1, 0.15) is 25.0 Å². The highest BCUT2D eigenvalue weighted by Gasteiger charge is 2.25. The van der Waals surface area contributed by atoms with Crippen molar-refractivity contribution in [2.75, 3.05) is 13.1 Å². The molecule has 0 saturated heterocycles. The summed E-state index contributed by atoms with van der Waals surface area (Å²) in [6, 6.07) is 15.5. The van der Waals surface area contributed by atoms with E-state index in [0.717, 1.165) is 5.56 Å². The topological polar surface area (TPSA) is 76.0 Å². The lowest BCUT2D eigenvalue weighted by Crippen LogP contribution is -2.30. The number of esters is 1. The standard InChI is InChI=1S/C20H20N2O4S/c1-3-22(4-2)27(24,25)17-12-10-16(11-13-17)19-21-18(20(23)26-19)14-15-8-6-5-7-9-15/h5-14H,3-4H2,1-2H3/b18-14-. The van der Waals surface area contributed by atoms with Gasteiger partial charge in [-0.3, -0.25) is 0 Å². The summed E-state index contributed by atoms with van der Waals surface area (Å²) in [7, 11) is -3.53. The smallest absolute Gasteiger partial charge is 0.363 e. The van der Waals surface area contributed by atoms with E-state index in [1.807, 2.05) is 30.3 Å². The molecule has 0 aromatic heterocycles. The first-order chi connectivity index (χ1) is 13.0. The fourth-order valence-corrected chi connectivity index (χ4v) is 4.18. The van der Waals surface area contributed by atoms with Gasteiger partial charge in [0, 0.05) is 18.7 Å². The van der Waals surface area contributed by atoms with Crippen LogP contribution in [0.3, 0.4) is 0 Å². The fourth-order valence-electron chi connectivity index (χ4n) is 2.72. The molecule has 140 valence electrons. The van der Waals surface area contributed by atoms with E-state index < -0.39 is 16.0 Å². The average Bonchev–Trinajstić information content (AvgIpc) is 3.04. The highest BCUT2D eigenvalue weighted by atomic mass is 32.2. The van der Waals surface area contributed by atoms with Gasteiger partial charge in [0.1, 0.15) is 0 Å². The molecule has 1 aliphatic rings. The van der Waals surface area contributed by atoms with Crippen molar-refractivity contribution >= 4 is 28.0 Å². The first-order valence-corrected chi connectivity index (χ1v) is 10.1. The summed E-state index contributed by atoms with van der Waals surface area (Å²) in [5.41, 5.74) is 1.59. The van der Waals surface area contributed by atoms with Crippen molar-refractivity contribution in [1.29, 1.82) is 0 Å². The molecule has 3 rings (SSSR count). The molecule has 7 heteroatoms. The van der Waals surface area contributed by atoms with Crippen molar-refractivity contribution in [2.45, 2.75) is 18.7 Å². The van der Waals surface area contributed by atoms with E-state index >= 15 is 0 Å². The molecule has 0 bridgehead atoms. The Labute approximate surface area is 158 Å². The Hall–Kier alpha value is -2.77. The van der Waals surface area contributed by atoms with Crippen LogP contribution in [-0.4, -0.2) is 37.7 Å². The van der Waals surface area contributed by atoms with E-state index in [2.05, 4.69) is 4.99 Å². The average molecular weight is 384 g/mol. The first-order valence-electron chi connectivity index (χ1n) is 8.64. The summed E-state index contributed by atoms with van der Waals surface area (Å²) < 4.78 is 31.7. The third kappa shape index (κ3) is 3.99. The van der Waals surface area contributed by atoms with Crippen LogP contribution in [0.2, 0.25) is 0 Å². The van der Waals surface area contributed by atoms with Crippen LogP contribution in [-0.2, 0) is 19.6 Å². The molecule has 2 aromatic carbocycles. The monoisotopic (exact) mass is 384 g/mol. The number of aliphatic imine (C=N–C) groups is 1. The second-order valence-corrected chi connectivity index (χ2v) is 7.80. The molecule has 0 saturated carbocycles. The number of ether oxygens (including phenoxy) is 1. The number of rotatable bonds is 6. The quantitative estimate of drug-likeness (QED) is 0.567. The van der Waals surface area contributed by atoms with Crippen molar-refractivity contribution in [2.24, 2.45) is 4.99 Å². The van der Waals surface area contributed by atoms with Crippen molar-refractivity contribution in [3.8, 4) is 0 Å². The molecular weight excluding hydrogens is 364 g/mol. The maximum atomic E-state index is 12.5.